The lowest BCUT2D eigenvalue weighted by Crippen LogP contribution is -2.38. The predicted molar refractivity (Wildman–Crippen MR) is 71.5 cm³/mol. The molecule has 0 aromatic rings. The average molecular weight is 270 g/mol. The third-order valence-electron chi connectivity index (χ3n) is 2.74. The summed E-state index contributed by atoms with van der Waals surface area (Å²) in [5.41, 5.74) is -0.548. The van der Waals surface area contributed by atoms with Crippen LogP contribution in [0.15, 0.2) is 25.3 Å². The van der Waals surface area contributed by atoms with Gasteiger partial charge in [0.05, 0.1) is 12.0 Å². The Bertz CT molecular complexity index is 298. The molecule has 0 aromatic carbocycles. The minimum Gasteiger partial charge on any atom is -0.462 e. The summed E-state index contributed by atoms with van der Waals surface area (Å²) >= 11 is 0. The lowest BCUT2D eigenvalue weighted by Gasteiger charge is -2.30. The van der Waals surface area contributed by atoms with Gasteiger partial charge in [0.15, 0.2) is 0 Å². The van der Waals surface area contributed by atoms with Crippen molar-refractivity contribution in [3.63, 3.8) is 0 Å². The maximum atomic E-state index is 11.1. The minimum atomic E-state index is -0.548. The molecule has 0 bridgehead atoms. The van der Waals surface area contributed by atoms with E-state index >= 15 is 0 Å². The van der Waals surface area contributed by atoms with Crippen LogP contribution in [-0.4, -0.2) is 38.4 Å². The molecule has 0 amide bonds. The fourth-order valence-corrected chi connectivity index (χ4v) is 1.32. The summed E-state index contributed by atoms with van der Waals surface area (Å²) in [6, 6.07) is 0. The lowest BCUT2D eigenvalue weighted by molar-refractivity contribution is -0.151. The molecule has 0 N–H and O–H groups in total. The van der Waals surface area contributed by atoms with Gasteiger partial charge in [0, 0.05) is 18.8 Å². The average Bonchev–Trinajstić information content (AvgIpc) is 2.46. The van der Waals surface area contributed by atoms with E-state index in [4.69, 9.17) is 14.2 Å². The molecular formula is C14H22O5. The summed E-state index contributed by atoms with van der Waals surface area (Å²) in [5.74, 6) is -1.02. The molecule has 19 heavy (non-hydrogen) atoms. The zero-order chi connectivity index (χ0) is 14.7. The van der Waals surface area contributed by atoms with E-state index in [0.717, 1.165) is 12.2 Å². The van der Waals surface area contributed by atoms with Crippen LogP contribution >= 0.6 is 0 Å². The van der Waals surface area contributed by atoms with Crippen molar-refractivity contribution in [1.29, 1.82) is 0 Å². The SMILES string of the molecule is C=CC(=O)OCC(CC)(COCC)COC(=O)C=C. The fourth-order valence-electron chi connectivity index (χ4n) is 1.32. The zero-order valence-corrected chi connectivity index (χ0v) is 11.6. The van der Waals surface area contributed by atoms with E-state index in [9.17, 15) is 9.59 Å². The Balaban J connectivity index is 4.64. The van der Waals surface area contributed by atoms with Crippen LogP contribution in [0.4, 0.5) is 0 Å². The second-order valence-electron chi connectivity index (χ2n) is 4.11. The van der Waals surface area contributed by atoms with E-state index < -0.39 is 17.4 Å². The van der Waals surface area contributed by atoms with Crippen molar-refractivity contribution in [3.05, 3.63) is 25.3 Å². The summed E-state index contributed by atoms with van der Waals surface area (Å²) in [4.78, 5) is 22.3. The lowest BCUT2D eigenvalue weighted by atomic mass is 9.88. The van der Waals surface area contributed by atoms with Gasteiger partial charge in [-0.2, -0.15) is 0 Å². The van der Waals surface area contributed by atoms with Crippen LogP contribution in [0.25, 0.3) is 0 Å². The number of carbonyl (C=O) groups excluding carboxylic acids is 2. The van der Waals surface area contributed by atoms with Crippen LogP contribution in [0, 0.1) is 5.41 Å². The number of hydrogen-bond acceptors (Lipinski definition) is 5. The van der Waals surface area contributed by atoms with Gasteiger partial charge in [0.1, 0.15) is 13.2 Å². The quantitative estimate of drug-likeness (QED) is 0.448. The highest BCUT2D eigenvalue weighted by atomic mass is 16.6. The van der Waals surface area contributed by atoms with Crippen molar-refractivity contribution in [2.24, 2.45) is 5.41 Å². The zero-order valence-electron chi connectivity index (χ0n) is 11.6. The first kappa shape index (κ1) is 17.4. The van der Waals surface area contributed by atoms with Gasteiger partial charge < -0.3 is 14.2 Å². The van der Waals surface area contributed by atoms with Crippen molar-refractivity contribution < 1.29 is 23.8 Å². The van der Waals surface area contributed by atoms with E-state index in [2.05, 4.69) is 13.2 Å². The Kier molecular flexibility index (Phi) is 8.53. The third-order valence-corrected chi connectivity index (χ3v) is 2.74. The van der Waals surface area contributed by atoms with Gasteiger partial charge in [-0.3, -0.25) is 0 Å². The van der Waals surface area contributed by atoms with Gasteiger partial charge in [-0.1, -0.05) is 20.1 Å². The predicted octanol–water partition coefficient (Wildman–Crippen LogP) is 1.88. The van der Waals surface area contributed by atoms with Crippen LogP contribution in [0.1, 0.15) is 20.3 Å². The first-order chi connectivity index (χ1) is 9.03. The minimum absolute atomic E-state index is 0.110. The van der Waals surface area contributed by atoms with Crippen LogP contribution in [0.2, 0.25) is 0 Å². The highest BCUT2D eigenvalue weighted by molar-refractivity contribution is 5.81. The number of rotatable bonds is 10. The van der Waals surface area contributed by atoms with Gasteiger partial charge in [0.2, 0.25) is 0 Å². The summed E-state index contributed by atoms with van der Waals surface area (Å²) in [6.45, 7) is 11.5. The van der Waals surface area contributed by atoms with E-state index in [1.807, 2.05) is 13.8 Å². The molecule has 0 fully saturated rings. The molecule has 0 heterocycles. The van der Waals surface area contributed by atoms with E-state index in [-0.39, 0.29) is 13.2 Å². The topological polar surface area (TPSA) is 61.8 Å². The van der Waals surface area contributed by atoms with Crippen molar-refractivity contribution >= 4 is 11.9 Å². The number of carbonyl (C=O) groups is 2. The number of hydrogen-bond donors (Lipinski definition) is 0. The van der Waals surface area contributed by atoms with Crippen LogP contribution < -0.4 is 0 Å². The van der Waals surface area contributed by atoms with E-state index in [0.29, 0.717) is 19.6 Å². The van der Waals surface area contributed by atoms with Gasteiger partial charge >= 0.3 is 11.9 Å². The molecule has 5 heteroatoms. The monoisotopic (exact) mass is 270 g/mol. The van der Waals surface area contributed by atoms with E-state index in [1.165, 1.54) is 0 Å². The standard InChI is InChI=1S/C14H22O5/c1-5-12(15)18-10-14(7-3,9-17-8-4)11-19-13(16)6-2/h5-6H,1-2,7-11H2,3-4H3. The fraction of sp³-hybridized carbons (Fsp3) is 0.571. The van der Waals surface area contributed by atoms with Crippen molar-refractivity contribution in [1.82, 2.24) is 0 Å². The molecule has 0 aliphatic heterocycles. The normalized spacial score (nSPS) is 10.6. The summed E-state index contributed by atoms with van der Waals surface area (Å²) in [5, 5.41) is 0. The second-order valence-corrected chi connectivity index (χ2v) is 4.11. The van der Waals surface area contributed by atoms with Gasteiger partial charge in [-0.25, -0.2) is 9.59 Å². The Morgan fingerprint density at radius 1 is 1.00 bits per heavy atom. The summed E-state index contributed by atoms with van der Waals surface area (Å²) < 4.78 is 15.5. The molecule has 0 aliphatic rings. The maximum Gasteiger partial charge on any atom is 0.330 e. The molecule has 0 aromatic heterocycles. The van der Waals surface area contributed by atoms with Crippen molar-refractivity contribution in [2.75, 3.05) is 26.4 Å². The maximum absolute atomic E-state index is 11.1. The smallest absolute Gasteiger partial charge is 0.330 e. The molecular weight excluding hydrogens is 248 g/mol. The van der Waals surface area contributed by atoms with Crippen LogP contribution in [0.3, 0.4) is 0 Å². The van der Waals surface area contributed by atoms with Crippen LogP contribution in [0.5, 0.6) is 0 Å². The highest BCUT2D eigenvalue weighted by Crippen LogP contribution is 2.24. The van der Waals surface area contributed by atoms with Gasteiger partial charge in [-0.15, -0.1) is 0 Å². The highest BCUT2D eigenvalue weighted by Gasteiger charge is 2.32. The van der Waals surface area contributed by atoms with Crippen molar-refractivity contribution in [2.45, 2.75) is 20.3 Å². The largest absolute Gasteiger partial charge is 0.462 e. The molecule has 0 unspecified atom stereocenters. The Morgan fingerprint density at radius 2 is 1.47 bits per heavy atom. The Labute approximate surface area is 114 Å². The van der Waals surface area contributed by atoms with Crippen LogP contribution in [-0.2, 0) is 23.8 Å². The molecule has 0 rings (SSSR count). The first-order valence-corrected chi connectivity index (χ1v) is 6.19. The number of ether oxygens (including phenoxy) is 3. The molecule has 0 radical (unpaired) electrons. The second kappa shape index (κ2) is 9.33. The van der Waals surface area contributed by atoms with Gasteiger partial charge in [-0.05, 0) is 13.3 Å². The summed E-state index contributed by atoms with van der Waals surface area (Å²) in [6.07, 6.45) is 2.83. The van der Waals surface area contributed by atoms with Gasteiger partial charge in [0.25, 0.3) is 0 Å². The molecule has 0 saturated carbocycles. The first-order valence-electron chi connectivity index (χ1n) is 6.19. The van der Waals surface area contributed by atoms with E-state index in [1.54, 1.807) is 0 Å². The summed E-state index contributed by atoms with van der Waals surface area (Å²) in [7, 11) is 0. The molecule has 5 nitrogen and oxygen atoms in total. The molecule has 0 spiro atoms. The number of esters is 2. The Morgan fingerprint density at radius 3 is 1.79 bits per heavy atom. The third kappa shape index (κ3) is 6.76. The molecule has 0 saturated heterocycles. The van der Waals surface area contributed by atoms with Crippen molar-refractivity contribution in [3.8, 4) is 0 Å². The molecule has 0 aliphatic carbocycles. The molecule has 0 atom stereocenters. The Hall–Kier alpha value is -1.62. The molecule has 108 valence electrons.